The number of benzene rings is 3. The Morgan fingerprint density at radius 1 is 1.00 bits per heavy atom. The fraction of sp³-hybridized carbons (Fsp3) is 0.0833. The Morgan fingerprint density at radius 3 is 2.64 bits per heavy atom. The molecule has 0 unspecified atom stereocenters. The molecule has 0 atom stereocenters. The van der Waals surface area contributed by atoms with E-state index in [1.807, 2.05) is 80.6 Å². The summed E-state index contributed by atoms with van der Waals surface area (Å²) >= 11 is 0. The van der Waals surface area contributed by atoms with Crippen LogP contribution in [0.5, 0.6) is 0 Å². The number of nitrogens with one attached hydrogen (secondary N) is 1. The first-order valence-electron chi connectivity index (χ1n) is 9.11. The summed E-state index contributed by atoms with van der Waals surface area (Å²) in [6, 6.07) is 21.4. The lowest BCUT2D eigenvalue weighted by Crippen LogP contribution is -2.09. The fourth-order valence-electron chi connectivity index (χ4n) is 2.96. The molecule has 0 bridgehead atoms. The number of hydrogen-bond donors (Lipinski definition) is 1. The summed E-state index contributed by atoms with van der Waals surface area (Å²) in [6.07, 6.45) is 3.32. The molecule has 0 aliphatic rings. The lowest BCUT2D eigenvalue weighted by molar-refractivity contribution is -0.111. The van der Waals surface area contributed by atoms with E-state index in [4.69, 9.17) is 4.42 Å². The zero-order valence-electron chi connectivity index (χ0n) is 15.8. The third-order valence-electron chi connectivity index (χ3n) is 4.51. The summed E-state index contributed by atoms with van der Waals surface area (Å²) in [7, 11) is 0. The Bertz CT molecular complexity index is 1170. The highest BCUT2D eigenvalue weighted by molar-refractivity contribution is 6.02. The van der Waals surface area contributed by atoms with E-state index in [9.17, 15) is 4.79 Å². The van der Waals surface area contributed by atoms with Gasteiger partial charge in [0.15, 0.2) is 5.58 Å². The molecular formula is C24H20N2O2. The Balaban J connectivity index is 1.58. The van der Waals surface area contributed by atoms with E-state index in [1.54, 1.807) is 6.08 Å². The van der Waals surface area contributed by atoms with Crippen LogP contribution in [0.4, 0.5) is 5.69 Å². The van der Waals surface area contributed by atoms with Gasteiger partial charge in [-0.15, -0.1) is 0 Å². The van der Waals surface area contributed by atoms with E-state index in [-0.39, 0.29) is 5.91 Å². The number of fused-ring (bicyclic) bond motifs is 1. The van der Waals surface area contributed by atoms with Crippen molar-refractivity contribution in [3.05, 3.63) is 89.5 Å². The van der Waals surface area contributed by atoms with Gasteiger partial charge in [0, 0.05) is 17.3 Å². The third-order valence-corrected chi connectivity index (χ3v) is 4.51. The number of hydrogen-bond acceptors (Lipinski definition) is 3. The number of amides is 1. The smallest absolute Gasteiger partial charge is 0.248 e. The van der Waals surface area contributed by atoms with Gasteiger partial charge >= 0.3 is 0 Å². The van der Waals surface area contributed by atoms with Gasteiger partial charge < -0.3 is 9.73 Å². The van der Waals surface area contributed by atoms with Crippen molar-refractivity contribution >= 4 is 28.8 Å². The molecule has 138 valence electrons. The quantitative estimate of drug-likeness (QED) is 0.466. The van der Waals surface area contributed by atoms with Crippen molar-refractivity contribution in [2.45, 2.75) is 13.8 Å². The van der Waals surface area contributed by atoms with Gasteiger partial charge in [-0.25, -0.2) is 4.98 Å². The van der Waals surface area contributed by atoms with Gasteiger partial charge in [-0.2, -0.15) is 0 Å². The summed E-state index contributed by atoms with van der Waals surface area (Å²) < 4.78 is 5.88. The third kappa shape index (κ3) is 3.86. The average molecular weight is 368 g/mol. The SMILES string of the molecule is Cc1ccc2oc(-c3ccc(C)c(NC(=O)/C=C\c4ccccc4)c3)nc2c1. The second-order valence-electron chi connectivity index (χ2n) is 6.75. The Morgan fingerprint density at radius 2 is 1.82 bits per heavy atom. The van der Waals surface area contributed by atoms with E-state index < -0.39 is 0 Å². The molecular weight excluding hydrogens is 348 g/mol. The van der Waals surface area contributed by atoms with Crippen LogP contribution in [0.3, 0.4) is 0 Å². The van der Waals surface area contributed by atoms with E-state index >= 15 is 0 Å². The van der Waals surface area contributed by atoms with Crippen molar-refractivity contribution in [1.29, 1.82) is 0 Å². The van der Waals surface area contributed by atoms with Crippen LogP contribution in [-0.4, -0.2) is 10.9 Å². The maximum Gasteiger partial charge on any atom is 0.248 e. The molecule has 0 aliphatic carbocycles. The predicted molar refractivity (Wildman–Crippen MR) is 113 cm³/mol. The molecule has 0 spiro atoms. The summed E-state index contributed by atoms with van der Waals surface area (Å²) in [4.78, 5) is 16.9. The number of oxazole rings is 1. The monoisotopic (exact) mass is 368 g/mol. The van der Waals surface area contributed by atoms with E-state index in [0.29, 0.717) is 5.89 Å². The molecule has 0 saturated carbocycles. The Hall–Kier alpha value is -3.66. The van der Waals surface area contributed by atoms with Crippen LogP contribution in [0, 0.1) is 13.8 Å². The van der Waals surface area contributed by atoms with Crippen molar-refractivity contribution in [3.63, 3.8) is 0 Å². The van der Waals surface area contributed by atoms with Crippen LogP contribution in [0.1, 0.15) is 16.7 Å². The molecule has 4 nitrogen and oxygen atoms in total. The normalized spacial score (nSPS) is 11.2. The first-order valence-corrected chi connectivity index (χ1v) is 9.11. The number of aryl methyl sites for hydroxylation is 2. The number of aromatic nitrogens is 1. The van der Waals surface area contributed by atoms with Crippen LogP contribution < -0.4 is 5.32 Å². The highest BCUT2D eigenvalue weighted by atomic mass is 16.3. The van der Waals surface area contributed by atoms with Crippen LogP contribution >= 0.6 is 0 Å². The summed E-state index contributed by atoms with van der Waals surface area (Å²) in [5.41, 5.74) is 6.21. The Kier molecular flexibility index (Phi) is 4.77. The highest BCUT2D eigenvalue weighted by Gasteiger charge is 2.11. The maximum atomic E-state index is 12.3. The predicted octanol–water partition coefficient (Wildman–Crippen LogP) is 5.76. The van der Waals surface area contributed by atoms with Crippen molar-refractivity contribution in [2.24, 2.45) is 0 Å². The van der Waals surface area contributed by atoms with Crippen molar-refractivity contribution in [1.82, 2.24) is 4.98 Å². The molecule has 0 radical (unpaired) electrons. The second kappa shape index (κ2) is 7.53. The topological polar surface area (TPSA) is 55.1 Å². The van der Waals surface area contributed by atoms with Gasteiger partial charge in [0.05, 0.1) is 0 Å². The minimum absolute atomic E-state index is 0.183. The van der Waals surface area contributed by atoms with Gasteiger partial charge in [0.1, 0.15) is 5.52 Å². The number of carbonyl (C=O) groups is 1. The van der Waals surface area contributed by atoms with E-state index in [1.165, 1.54) is 6.08 Å². The molecule has 28 heavy (non-hydrogen) atoms. The molecule has 0 saturated heterocycles. The van der Waals surface area contributed by atoms with Gasteiger partial charge in [-0.3, -0.25) is 4.79 Å². The van der Waals surface area contributed by atoms with Gasteiger partial charge in [-0.1, -0.05) is 42.5 Å². The van der Waals surface area contributed by atoms with E-state index in [0.717, 1.165) is 39.0 Å². The van der Waals surface area contributed by atoms with Gasteiger partial charge in [0.2, 0.25) is 11.8 Å². The Labute approximate surface area is 163 Å². The zero-order valence-corrected chi connectivity index (χ0v) is 15.8. The minimum Gasteiger partial charge on any atom is -0.436 e. The molecule has 1 N–H and O–H groups in total. The molecule has 4 aromatic rings. The summed E-state index contributed by atoms with van der Waals surface area (Å²) in [5.74, 6) is 0.355. The zero-order chi connectivity index (χ0) is 19.5. The molecule has 0 fully saturated rings. The summed E-state index contributed by atoms with van der Waals surface area (Å²) in [6.45, 7) is 3.98. The highest BCUT2D eigenvalue weighted by Crippen LogP contribution is 2.28. The molecule has 1 heterocycles. The molecule has 1 amide bonds. The van der Waals surface area contributed by atoms with Gasteiger partial charge in [-0.05, 0) is 60.9 Å². The van der Waals surface area contributed by atoms with Crippen LogP contribution in [0.15, 0.2) is 77.2 Å². The van der Waals surface area contributed by atoms with Crippen LogP contribution in [0.25, 0.3) is 28.6 Å². The largest absolute Gasteiger partial charge is 0.436 e. The van der Waals surface area contributed by atoms with Crippen LogP contribution in [-0.2, 0) is 4.79 Å². The second-order valence-corrected chi connectivity index (χ2v) is 6.75. The maximum absolute atomic E-state index is 12.3. The van der Waals surface area contributed by atoms with E-state index in [2.05, 4.69) is 10.3 Å². The first kappa shape index (κ1) is 17.7. The molecule has 4 rings (SSSR count). The fourth-order valence-corrected chi connectivity index (χ4v) is 2.96. The summed E-state index contributed by atoms with van der Waals surface area (Å²) in [5, 5.41) is 2.94. The molecule has 4 heteroatoms. The molecule has 3 aromatic carbocycles. The number of rotatable bonds is 4. The number of carbonyl (C=O) groups excluding carboxylic acids is 1. The lowest BCUT2D eigenvalue weighted by Gasteiger charge is -2.08. The number of nitrogens with zero attached hydrogens (tertiary/aromatic N) is 1. The molecule has 1 aromatic heterocycles. The molecule has 0 aliphatic heterocycles. The average Bonchev–Trinajstić information content (AvgIpc) is 3.12. The first-order chi connectivity index (χ1) is 13.6. The standard InChI is InChI=1S/C24H20N2O2/c1-16-8-12-22-21(14-16)26-24(28-22)19-11-9-17(2)20(15-19)25-23(27)13-10-18-6-4-3-5-7-18/h3-15H,1-2H3,(H,25,27)/b13-10-. The minimum atomic E-state index is -0.183. The van der Waals surface area contributed by atoms with Crippen molar-refractivity contribution < 1.29 is 9.21 Å². The number of anilines is 1. The van der Waals surface area contributed by atoms with Crippen molar-refractivity contribution in [3.8, 4) is 11.5 Å². The lowest BCUT2D eigenvalue weighted by atomic mass is 10.1. The van der Waals surface area contributed by atoms with Crippen LogP contribution in [0.2, 0.25) is 0 Å². The van der Waals surface area contributed by atoms with Crippen molar-refractivity contribution in [2.75, 3.05) is 5.32 Å². The van der Waals surface area contributed by atoms with Gasteiger partial charge in [0.25, 0.3) is 0 Å².